The average Bonchev–Trinajstić information content (AvgIpc) is 2.23. The van der Waals surface area contributed by atoms with Crippen LogP contribution in [0, 0.1) is 27.7 Å². The Morgan fingerprint density at radius 2 is 1.75 bits per heavy atom. The summed E-state index contributed by atoms with van der Waals surface area (Å²) in [5, 5.41) is 0.792. The fourth-order valence-corrected chi connectivity index (χ4v) is 2.32. The monoisotopic (exact) mass is 279 g/mol. The van der Waals surface area contributed by atoms with Gasteiger partial charge in [-0.2, -0.15) is 0 Å². The SMILES string of the molecule is Cc1cc2[nH]c(C)c(C)c(=O)c2c(C)c1Br. The predicted molar refractivity (Wildman–Crippen MR) is 71.2 cm³/mol. The van der Waals surface area contributed by atoms with Crippen LogP contribution in [0.2, 0.25) is 0 Å². The third-order valence-corrected chi connectivity index (χ3v) is 4.35. The van der Waals surface area contributed by atoms with E-state index in [1.54, 1.807) is 0 Å². The van der Waals surface area contributed by atoms with Crippen LogP contribution in [0.1, 0.15) is 22.4 Å². The minimum Gasteiger partial charge on any atom is -0.358 e. The van der Waals surface area contributed by atoms with Crippen molar-refractivity contribution in [1.82, 2.24) is 4.98 Å². The predicted octanol–water partition coefficient (Wildman–Crippen LogP) is 3.52. The van der Waals surface area contributed by atoms with Crippen LogP contribution < -0.4 is 5.43 Å². The van der Waals surface area contributed by atoms with Crippen LogP contribution in [-0.4, -0.2) is 4.98 Å². The average molecular weight is 280 g/mol. The second-order valence-corrected chi connectivity index (χ2v) is 5.05. The van der Waals surface area contributed by atoms with E-state index in [2.05, 4.69) is 20.9 Å². The van der Waals surface area contributed by atoms with Crippen LogP contribution >= 0.6 is 15.9 Å². The van der Waals surface area contributed by atoms with E-state index in [1.165, 1.54) is 0 Å². The number of halogens is 1. The second-order valence-electron chi connectivity index (χ2n) is 4.26. The maximum atomic E-state index is 12.2. The number of pyridine rings is 1. The zero-order chi connectivity index (χ0) is 12.0. The molecule has 16 heavy (non-hydrogen) atoms. The summed E-state index contributed by atoms with van der Waals surface area (Å²) >= 11 is 3.52. The summed E-state index contributed by atoms with van der Waals surface area (Å²) in [5.41, 5.74) is 4.95. The number of fused-ring (bicyclic) bond motifs is 1. The third kappa shape index (κ3) is 1.50. The molecule has 2 nitrogen and oxygen atoms in total. The number of nitrogens with one attached hydrogen (secondary N) is 1. The number of hydrogen-bond donors (Lipinski definition) is 1. The van der Waals surface area contributed by atoms with Crippen molar-refractivity contribution in [2.45, 2.75) is 27.7 Å². The van der Waals surface area contributed by atoms with Gasteiger partial charge in [0.05, 0.1) is 5.52 Å². The zero-order valence-electron chi connectivity index (χ0n) is 9.86. The van der Waals surface area contributed by atoms with Crippen LogP contribution in [0.15, 0.2) is 15.3 Å². The molecule has 0 radical (unpaired) electrons. The summed E-state index contributed by atoms with van der Waals surface area (Å²) in [6, 6.07) is 2.01. The van der Waals surface area contributed by atoms with E-state index in [0.29, 0.717) is 0 Å². The fraction of sp³-hybridized carbons (Fsp3) is 0.308. The Labute approximate surface area is 103 Å². The minimum absolute atomic E-state index is 0.129. The molecule has 1 aromatic heterocycles. The lowest BCUT2D eigenvalue weighted by atomic mass is 10.0. The highest BCUT2D eigenvalue weighted by molar-refractivity contribution is 9.10. The summed E-state index contributed by atoms with van der Waals surface area (Å²) in [6.07, 6.45) is 0. The third-order valence-electron chi connectivity index (χ3n) is 3.13. The number of aromatic nitrogens is 1. The number of aryl methyl sites for hydroxylation is 3. The van der Waals surface area contributed by atoms with Gasteiger partial charge in [0, 0.05) is 21.1 Å². The molecule has 0 aliphatic carbocycles. The van der Waals surface area contributed by atoms with Crippen LogP contribution in [0.3, 0.4) is 0 Å². The van der Waals surface area contributed by atoms with Gasteiger partial charge in [-0.3, -0.25) is 4.79 Å². The Hall–Kier alpha value is -1.09. The maximum Gasteiger partial charge on any atom is 0.192 e. The van der Waals surface area contributed by atoms with Crippen molar-refractivity contribution in [3.05, 3.63) is 43.1 Å². The first-order valence-corrected chi connectivity index (χ1v) is 6.01. The van der Waals surface area contributed by atoms with Crippen molar-refractivity contribution in [1.29, 1.82) is 0 Å². The van der Waals surface area contributed by atoms with Crippen molar-refractivity contribution < 1.29 is 0 Å². The minimum atomic E-state index is 0.129. The topological polar surface area (TPSA) is 32.9 Å². The molecule has 0 aliphatic rings. The van der Waals surface area contributed by atoms with Gasteiger partial charge in [-0.1, -0.05) is 15.9 Å². The van der Waals surface area contributed by atoms with Crippen LogP contribution in [0.4, 0.5) is 0 Å². The molecule has 2 rings (SSSR count). The summed E-state index contributed by atoms with van der Waals surface area (Å²) < 4.78 is 1.02. The van der Waals surface area contributed by atoms with Gasteiger partial charge in [-0.05, 0) is 44.9 Å². The van der Waals surface area contributed by atoms with Crippen LogP contribution in [0.25, 0.3) is 10.9 Å². The van der Waals surface area contributed by atoms with Crippen molar-refractivity contribution in [3.63, 3.8) is 0 Å². The molecule has 0 amide bonds. The van der Waals surface area contributed by atoms with Crippen molar-refractivity contribution in [2.24, 2.45) is 0 Å². The molecule has 3 heteroatoms. The van der Waals surface area contributed by atoms with Gasteiger partial charge in [-0.15, -0.1) is 0 Å². The zero-order valence-corrected chi connectivity index (χ0v) is 11.4. The Morgan fingerprint density at radius 1 is 1.12 bits per heavy atom. The molecule has 0 saturated heterocycles. The van der Waals surface area contributed by atoms with Crippen molar-refractivity contribution in [2.75, 3.05) is 0 Å². The molecule has 0 unspecified atom stereocenters. The molecule has 84 valence electrons. The molecule has 2 aromatic rings. The molecule has 1 heterocycles. The quantitative estimate of drug-likeness (QED) is 0.786. The van der Waals surface area contributed by atoms with E-state index in [1.807, 2.05) is 33.8 Å². The molecular formula is C13H14BrNO. The molecule has 0 bridgehead atoms. The highest BCUT2D eigenvalue weighted by atomic mass is 79.9. The molecule has 0 saturated carbocycles. The van der Waals surface area contributed by atoms with E-state index in [4.69, 9.17) is 0 Å². The van der Waals surface area contributed by atoms with Gasteiger partial charge < -0.3 is 4.98 Å². The lowest BCUT2D eigenvalue weighted by Crippen LogP contribution is -2.11. The van der Waals surface area contributed by atoms with Crippen LogP contribution in [-0.2, 0) is 0 Å². The molecule has 0 fully saturated rings. The fourth-order valence-electron chi connectivity index (χ4n) is 2.00. The van der Waals surface area contributed by atoms with Crippen LogP contribution in [0.5, 0.6) is 0 Å². The number of aromatic amines is 1. The maximum absolute atomic E-state index is 12.2. The molecule has 1 aromatic carbocycles. The van der Waals surface area contributed by atoms with Crippen molar-refractivity contribution in [3.8, 4) is 0 Å². The lowest BCUT2D eigenvalue weighted by Gasteiger charge is -2.10. The Bertz CT molecular complexity index is 635. The Morgan fingerprint density at radius 3 is 2.38 bits per heavy atom. The summed E-state index contributed by atoms with van der Waals surface area (Å²) in [4.78, 5) is 15.5. The van der Waals surface area contributed by atoms with E-state index in [0.717, 1.165) is 37.8 Å². The summed E-state index contributed by atoms with van der Waals surface area (Å²) in [7, 11) is 0. The van der Waals surface area contributed by atoms with Gasteiger partial charge in [0.1, 0.15) is 0 Å². The van der Waals surface area contributed by atoms with Gasteiger partial charge in [0.25, 0.3) is 0 Å². The van der Waals surface area contributed by atoms with E-state index >= 15 is 0 Å². The standard InChI is InChI=1S/C13H14BrNO/c1-6-5-10-11(8(3)12(6)14)13(16)7(2)9(4)15-10/h5H,1-4H3,(H,15,16). The van der Waals surface area contributed by atoms with Gasteiger partial charge in [-0.25, -0.2) is 0 Å². The Balaban J connectivity index is 3.10. The van der Waals surface area contributed by atoms with Gasteiger partial charge in [0.15, 0.2) is 5.43 Å². The normalized spacial score (nSPS) is 11.1. The Kier molecular flexibility index (Phi) is 2.66. The van der Waals surface area contributed by atoms with Gasteiger partial charge >= 0.3 is 0 Å². The first-order chi connectivity index (χ1) is 7.43. The molecule has 0 atom stereocenters. The number of rotatable bonds is 0. The highest BCUT2D eigenvalue weighted by Gasteiger charge is 2.11. The molecule has 0 aliphatic heterocycles. The summed E-state index contributed by atoms with van der Waals surface area (Å²) in [5.74, 6) is 0. The summed E-state index contributed by atoms with van der Waals surface area (Å²) in [6.45, 7) is 7.80. The molecule has 0 spiro atoms. The number of H-pyrrole nitrogens is 1. The largest absolute Gasteiger partial charge is 0.358 e. The van der Waals surface area contributed by atoms with Gasteiger partial charge in [0.2, 0.25) is 0 Å². The molecule has 1 N–H and O–H groups in total. The van der Waals surface area contributed by atoms with E-state index < -0.39 is 0 Å². The van der Waals surface area contributed by atoms with E-state index in [9.17, 15) is 4.79 Å². The second kappa shape index (κ2) is 3.74. The highest BCUT2D eigenvalue weighted by Crippen LogP contribution is 2.27. The number of hydrogen-bond acceptors (Lipinski definition) is 1. The van der Waals surface area contributed by atoms with Crippen molar-refractivity contribution >= 4 is 26.8 Å². The smallest absolute Gasteiger partial charge is 0.192 e. The molecular weight excluding hydrogens is 266 g/mol. The lowest BCUT2D eigenvalue weighted by molar-refractivity contribution is 1.17. The first kappa shape index (κ1) is 11.4. The van der Waals surface area contributed by atoms with E-state index in [-0.39, 0.29) is 5.43 Å². The first-order valence-electron chi connectivity index (χ1n) is 5.22. The number of benzene rings is 1.